The molecule has 2 heterocycles. The van der Waals surface area contributed by atoms with Crippen LogP contribution in [0.4, 0.5) is 20.2 Å². The van der Waals surface area contributed by atoms with E-state index >= 15 is 0 Å². The third-order valence-corrected chi connectivity index (χ3v) is 4.76. The van der Waals surface area contributed by atoms with Gasteiger partial charge in [-0.05, 0) is 30.3 Å². The number of benzene rings is 2. The van der Waals surface area contributed by atoms with Gasteiger partial charge < -0.3 is 5.32 Å². The van der Waals surface area contributed by atoms with Crippen LogP contribution in [-0.2, 0) is 14.4 Å². The Balaban J connectivity index is 1.51. The van der Waals surface area contributed by atoms with Gasteiger partial charge in [-0.15, -0.1) is 0 Å². The second kappa shape index (κ2) is 7.21. The molecule has 1 saturated heterocycles. The molecule has 0 aliphatic carbocycles. The van der Waals surface area contributed by atoms with Gasteiger partial charge in [-0.25, -0.2) is 13.7 Å². The molecule has 2 aliphatic rings. The highest BCUT2D eigenvalue weighted by molar-refractivity contribution is 6.32. The van der Waals surface area contributed by atoms with Gasteiger partial charge in [-0.1, -0.05) is 29.0 Å². The molecule has 0 saturated carbocycles. The maximum absolute atomic E-state index is 13.7. The van der Waals surface area contributed by atoms with Gasteiger partial charge in [0, 0.05) is 0 Å². The molecule has 0 spiro atoms. The molecule has 4 rings (SSSR count). The topological polar surface area (TPSA) is 94.4 Å². The fourth-order valence-corrected chi connectivity index (χ4v) is 3.31. The van der Waals surface area contributed by atoms with Crippen LogP contribution >= 0.6 is 11.6 Å². The zero-order valence-electron chi connectivity index (χ0n) is 14.6. The number of para-hydroxylation sites is 1. The first-order valence-electron chi connectivity index (χ1n) is 8.41. The average molecular weight is 420 g/mol. The third kappa shape index (κ3) is 3.31. The number of halogens is 3. The predicted molar refractivity (Wildman–Crippen MR) is 98.1 cm³/mol. The number of amides is 3. The van der Waals surface area contributed by atoms with Crippen LogP contribution in [0.15, 0.2) is 52.8 Å². The number of nitrogens with one attached hydrogen (secondary N) is 1. The normalized spacial score (nSPS) is 20.4. The van der Waals surface area contributed by atoms with Gasteiger partial charge in [-0.2, -0.15) is 5.11 Å². The zero-order valence-corrected chi connectivity index (χ0v) is 15.3. The summed E-state index contributed by atoms with van der Waals surface area (Å²) < 4.78 is 27.1. The molecule has 2 atom stereocenters. The molecule has 0 aromatic heterocycles. The Bertz CT molecular complexity index is 1060. The first-order chi connectivity index (χ1) is 13.9. The van der Waals surface area contributed by atoms with E-state index in [2.05, 4.69) is 15.7 Å². The number of rotatable bonds is 4. The van der Waals surface area contributed by atoms with Crippen LogP contribution in [0, 0.1) is 11.6 Å². The summed E-state index contributed by atoms with van der Waals surface area (Å²) in [5.74, 6) is -3.29. The van der Waals surface area contributed by atoms with Crippen molar-refractivity contribution in [2.75, 3.05) is 16.8 Å². The van der Waals surface area contributed by atoms with E-state index in [9.17, 15) is 23.2 Å². The van der Waals surface area contributed by atoms with Gasteiger partial charge >= 0.3 is 0 Å². The monoisotopic (exact) mass is 419 g/mol. The minimum absolute atomic E-state index is 0.0263. The lowest BCUT2D eigenvalue weighted by molar-refractivity contribution is -0.123. The molecule has 148 valence electrons. The lowest BCUT2D eigenvalue weighted by atomic mass is 10.1. The van der Waals surface area contributed by atoms with Crippen molar-refractivity contribution in [2.24, 2.45) is 10.3 Å². The number of nitrogens with zero attached hydrogens (tertiary/aromatic N) is 4. The number of fused-ring (bicyclic) bond motifs is 1. The summed E-state index contributed by atoms with van der Waals surface area (Å²) in [5.41, 5.74) is 0.0633. The van der Waals surface area contributed by atoms with E-state index in [1.807, 2.05) is 0 Å². The highest BCUT2D eigenvalue weighted by atomic mass is 35.5. The molecule has 29 heavy (non-hydrogen) atoms. The van der Waals surface area contributed by atoms with Crippen LogP contribution in [0.5, 0.6) is 0 Å². The summed E-state index contributed by atoms with van der Waals surface area (Å²) >= 11 is 5.74. The minimum Gasteiger partial charge on any atom is -0.322 e. The molecule has 2 aromatic rings. The molecular formula is C18H12ClF2N5O3. The Hall–Kier alpha value is -3.40. The molecule has 1 fully saturated rings. The van der Waals surface area contributed by atoms with Gasteiger partial charge in [0.2, 0.25) is 5.91 Å². The Morgan fingerprint density at radius 1 is 1.10 bits per heavy atom. The van der Waals surface area contributed by atoms with Crippen molar-refractivity contribution in [3.05, 3.63) is 59.1 Å². The molecular weight excluding hydrogens is 408 g/mol. The quantitative estimate of drug-likeness (QED) is 0.770. The molecule has 1 N–H and O–H groups in total. The largest absolute Gasteiger partial charge is 0.322 e. The summed E-state index contributed by atoms with van der Waals surface area (Å²) in [6, 6.07) is 6.76. The predicted octanol–water partition coefficient (Wildman–Crippen LogP) is 2.55. The van der Waals surface area contributed by atoms with Crippen LogP contribution in [0.2, 0.25) is 5.02 Å². The van der Waals surface area contributed by atoms with Gasteiger partial charge in [-0.3, -0.25) is 19.4 Å². The van der Waals surface area contributed by atoms with Crippen molar-refractivity contribution < 1.29 is 23.2 Å². The molecule has 8 nitrogen and oxygen atoms in total. The van der Waals surface area contributed by atoms with Crippen molar-refractivity contribution in [1.29, 1.82) is 0 Å². The number of imide groups is 1. The Labute approximate surface area is 167 Å². The molecule has 0 bridgehead atoms. The van der Waals surface area contributed by atoms with Gasteiger partial charge in [0.05, 0.1) is 16.4 Å². The summed E-state index contributed by atoms with van der Waals surface area (Å²) in [6.07, 6.45) is 0. The number of carbonyl (C=O) groups is 3. The van der Waals surface area contributed by atoms with E-state index in [0.29, 0.717) is 0 Å². The lowest BCUT2D eigenvalue weighted by Crippen LogP contribution is -2.43. The van der Waals surface area contributed by atoms with Crippen molar-refractivity contribution in [2.45, 2.75) is 12.1 Å². The third-order valence-electron chi connectivity index (χ3n) is 4.47. The van der Waals surface area contributed by atoms with Crippen LogP contribution in [0.1, 0.15) is 0 Å². The Morgan fingerprint density at radius 3 is 2.59 bits per heavy atom. The van der Waals surface area contributed by atoms with Crippen molar-refractivity contribution in [3.63, 3.8) is 0 Å². The smallest absolute Gasteiger partial charge is 0.263 e. The zero-order chi connectivity index (χ0) is 20.7. The minimum atomic E-state index is -1.13. The fraction of sp³-hybridized carbons (Fsp3) is 0.167. The number of hydrogen-bond acceptors (Lipinski definition) is 6. The standard InChI is InChI=1S/C18H12ClF2N5O3/c19-10-7-9(5-6-11(10)20)26-17(28)15-16(18(26)29)25(24-23-15)8-14(27)22-13-4-2-1-3-12(13)21/h1-7,15-16H,8H2,(H,22,27)/t15-,16+/m1/s1. The fourth-order valence-electron chi connectivity index (χ4n) is 3.13. The van der Waals surface area contributed by atoms with Crippen LogP contribution in [-0.4, -0.2) is 41.4 Å². The number of hydrogen-bond donors (Lipinski definition) is 1. The van der Waals surface area contributed by atoms with E-state index in [1.165, 1.54) is 24.3 Å². The van der Waals surface area contributed by atoms with Crippen molar-refractivity contribution in [1.82, 2.24) is 5.01 Å². The summed E-state index contributed by atoms with van der Waals surface area (Å²) in [5, 5.41) is 10.7. The highest BCUT2D eigenvalue weighted by Gasteiger charge is 2.55. The van der Waals surface area contributed by atoms with Crippen LogP contribution in [0.25, 0.3) is 0 Å². The lowest BCUT2D eigenvalue weighted by Gasteiger charge is -2.20. The number of carbonyl (C=O) groups excluding carboxylic acids is 3. The SMILES string of the molecule is O=C(CN1N=N[C@H]2C(=O)N(c3ccc(F)c(Cl)c3)C(=O)[C@H]21)Nc1ccccc1F. The maximum atomic E-state index is 13.7. The highest BCUT2D eigenvalue weighted by Crippen LogP contribution is 2.33. The van der Waals surface area contributed by atoms with E-state index in [1.54, 1.807) is 6.07 Å². The van der Waals surface area contributed by atoms with E-state index in [4.69, 9.17) is 11.6 Å². The second-order valence-electron chi connectivity index (χ2n) is 6.33. The Morgan fingerprint density at radius 2 is 1.86 bits per heavy atom. The van der Waals surface area contributed by atoms with Crippen LogP contribution < -0.4 is 10.2 Å². The van der Waals surface area contributed by atoms with Crippen molar-refractivity contribution >= 4 is 40.7 Å². The maximum Gasteiger partial charge on any atom is 0.263 e. The molecule has 3 amide bonds. The second-order valence-corrected chi connectivity index (χ2v) is 6.74. The van der Waals surface area contributed by atoms with E-state index in [-0.39, 0.29) is 16.4 Å². The molecule has 11 heteroatoms. The molecule has 0 radical (unpaired) electrons. The summed E-state index contributed by atoms with van der Waals surface area (Å²) in [7, 11) is 0. The summed E-state index contributed by atoms with van der Waals surface area (Å²) in [6.45, 7) is -0.421. The number of anilines is 2. The average Bonchev–Trinajstić information content (AvgIpc) is 3.20. The molecule has 2 aromatic carbocycles. The summed E-state index contributed by atoms with van der Waals surface area (Å²) in [4.78, 5) is 38.5. The molecule has 0 unspecified atom stereocenters. The van der Waals surface area contributed by atoms with Gasteiger partial charge in [0.15, 0.2) is 12.1 Å². The van der Waals surface area contributed by atoms with Crippen molar-refractivity contribution in [3.8, 4) is 0 Å². The Kier molecular flexibility index (Phi) is 4.71. The van der Waals surface area contributed by atoms with E-state index in [0.717, 1.165) is 22.0 Å². The molecule has 2 aliphatic heterocycles. The van der Waals surface area contributed by atoms with Gasteiger partial charge in [0.25, 0.3) is 11.8 Å². The van der Waals surface area contributed by atoms with Gasteiger partial charge in [0.1, 0.15) is 18.2 Å². The first-order valence-corrected chi connectivity index (χ1v) is 8.79. The first kappa shape index (κ1) is 18.9. The van der Waals surface area contributed by atoms with E-state index < -0.39 is 48.0 Å². The van der Waals surface area contributed by atoms with Crippen LogP contribution in [0.3, 0.4) is 0 Å².